The van der Waals surface area contributed by atoms with Crippen LogP contribution in [0, 0.1) is 0 Å². The second-order valence-corrected chi connectivity index (χ2v) is 10.6. The average Bonchev–Trinajstić information content (AvgIpc) is 3.20. The zero-order valence-corrected chi connectivity index (χ0v) is 23.2. The van der Waals surface area contributed by atoms with Gasteiger partial charge < -0.3 is 0 Å². The van der Waals surface area contributed by atoms with Crippen LogP contribution in [-0.4, -0.2) is 4.57 Å². The summed E-state index contributed by atoms with van der Waals surface area (Å²) in [7, 11) is 0. The van der Waals surface area contributed by atoms with Crippen LogP contribution in [0.3, 0.4) is 0 Å². The molecule has 0 saturated heterocycles. The second-order valence-electron chi connectivity index (χ2n) is 10.6. The number of hydrogen-bond donors (Lipinski definition) is 0. The van der Waals surface area contributed by atoms with E-state index in [4.69, 9.17) is 0 Å². The number of rotatable bonds is 25. The summed E-state index contributed by atoms with van der Waals surface area (Å²) >= 11 is 0. The molecule has 0 N–H and O–H groups in total. The third-order valence-corrected chi connectivity index (χ3v) is 7.31. The van der Waals surface area contributed by atoms with E-state index < -0.39 is 0 Å². The van der Waals surface area contributed by atoms with Crippen LogP contribution < -0.4 is 4.57 Å². The average molecular weight is 462 g/mol. The van der Waals surface area contributed by atoms with Crippen molar-refractivity contribution < 1.29 is 4.57 Å². The van der Waals surface area contributed by atoms with Gasteiger partial charge in [0.25, 0.3) is 5.82 Å². The summed E-state index contributed by atoms with van der Waals surface area (Å²) in [4.78, 5) is 0. The smallest absolute Gasteiger partial charge is 0.234 e. The number of unbranched alkanes of at least 4 members (excludes halogenated alkanes) is 19. The molecule has 1 heterocycles. The third kappa shape index (κ3) is 16.5. The minimum atomic E-state index is 1.18. The van der Waals surface area contributed by atoms with Gasteiger partial charge in [-0.1, -0.05) is 136 Å². The molecule has 0 aliphatic heterocycles. The number of aryl methyl sites for hydroxylation is 2. The molecule has 2 nitrogen and oxygen atoms in total. The van der Waals surface area contributed by atoms with E-state index in [1.807, 2.05) is 0 Å². The highest BCUT2D eigenvalue weighted by molar-refractivity contribution is 4.84. The minimum Gasteiger partial charge on any atom is -0.234 e. The predicted molar refractivity (Wildman–Crippen MR) is 147 cm³/mol. The first-order chi connectivity index (χ1) is 16.3. The Hall–Kier alpha value is -0.790. The Morgan fingerprint density at radius 1 is 0.515 bits per heavy atom. The monoisotopic (exact) mass is 461 g/mol. The van der Waals surface area contributed by atoms with E-state index >= 15 is 0 Å². The highest BCUT2D eigenvalue weighted by Crippen LogP contribution is 2.14. The third-order valence-electron chi connectivity index (χ3n) is 7.31. The Kier molecular flexibility index (Phi) is 21.1. The van der Waals surface area contributed by atoms with E-state index in [1.54, 1.807) is 5.82 Å². The van der Waals surface area contributed by atoms with Crippen molar-refractivity contribution in [2.45, 2.75) is 182 Å². The van der Waals surface area contributed by atoms with E-state index in [0.717, 1.165) is 0 Å². The summed E-state index contributed by atoms with van der Waals surface area (Å²) < 4.78 is 5.10. The van der Waals surface area contributed by atoms with Gasteiger partial charge in [0.05, 0.1) is 13.1 Å². The van der Waals surface area contributed by atoms with E-state index in [1.165, 1.54) is 161 Å². The predicted octanol–water partition coefficient (Wildman–Crippen LogP) is 9.96. The molecule has 0 radical (unpaired) electrons. The molecule has 0 atom stereocenters. The van der Waals surface area contributed by atoms with Crippen molar-refractivity contribution >= 4 is 0 Å². The van der Waals surface area contributed by atoms with E-state index in [2.05, 4.69) is 42.3 Å². The Balaban J connectivity index is 2.06. The van der Waals surface area contributed by atoms with Gasteiger partial charge in [-0.2, -0.15) is 0 Å². The van der Waals surface area contributed by atoms with Crippen LogP contribution in [0.15, 0.2) is 12.4 Å². The van der Waals surface area contributed by atoms with Gasteiger partial charge in [0.2, 0.25) is 0 Å². The SMILES string of the molecule is CCCCCCCCCCCCCCCCC[n+]1ccn(CCC)c1CCCCCCCC. The fourth-order valence-electron chi connectivity index (χ4n) is 5.15. The van der Waals surface area contributed by atoms with Crippen LogP contribution in [0.5, 0.6) is 0 Å². The summed E-state index contributed by atoms with van der Waals surface area (Å²) in [6.07, 6.45) is 37.2. The quantitative estimate of drug-likeness (QED) is 0.101. The first-order valence-corrected chi connectivity index (χ1v) is 15.4. The molecule has 0 aromatic carbocycles. The van der Waals surface area contributed by atoms with Gasteiger partial charge in [-0.15, -0.1) is 0 Å². The molecule has 0 spiro atoms. The zero-order chi connectivity index (χ0) is 23.8. The molecule has 2 heteroatoms. The lowest BCUT2D eigenvalue weighted by molar-refractivity contribution is -0.704. The van der Waals surface area contributed by atoms with Gasteiger partial charge in [0, 0.05) is 6.42 Å². The molecule has 1 aromatic rings. The lowest BCUT2D eigenvalue weighted by Gasteiger charge is -2.06. The first kappa shape index (κ1) is 30.2. The molecule has 0 bridgehead atoms. The number of imidazole rings is 1. The molecule has 0 aliphatic rings. The van der Waals surface area contributed by atoms with Crippen molar-refractivity contribution in [1.82, 2.24) is 4.57 Å². The van der Waals surface area contributed by atoms with Crippen LogP contribution in [0.2, 0.25) is 0 Å². The first-order valence-electron chi connectivity index (χ1n) is 15.4. The molecule has 0 unspecified atom stereocenters. The number of aromatic nitrogens is 2. The van der Waals surface area contributed by atoms with E-state index in [0.29, 0.717) is 0 Å². The standard InChI is InChI=1S/C31H61N2/c1-4-7-9-11-13-14-15-16-17-18-19-20-21-23-25-28-33-30-29-32(27-6-3)31(33)26-24-22-12-10-8-5-2/h29-30H,4-28H2,1-3H3/q+1. The summed E-state index contributed by atoms with van der Waals surface area (Å²) in [6.45, 7) is 9.31. The lowest BCUT2D eigenvalue weighted by atomic mass is 10.0. The molecule has 0 amide bonds. The number of hydrogen-bond acceptors (Lipinski definition) is 0. The maximum atomic E-state index is 2.57. The van der Waals surface area contributed by atoms with Crippen LogP contribution in [-0.2, 0) is 19.5 Å². The van der Waals surface area contributed by atoms with Crippen molar-refractivity contribution in [2.24, 2.45) is 0 Å². The van der Waals surface area contributed by atoms with Crippen molar-refractivity contribution in [3.05, 3.63) is 18.2 Å². The molecular weight excluding hydrogens is 400 g/mol. The molecule has 1 rings (SSSR count). The maximum Gasteiger partial charge on any atom is 0.256 e. The van der Waals surface area contributed by atoms with E-state index in [9.17, 15) is 0 Å². The molecule has 194 valence electrons. The van der Waals surface area contributed by atoms with Crippen molar-refractivity contribution in [3.8, 4) is 0 Å². The summed E-state index contributed by atoms with van der Waals surface area (Å²) in [5.74, 6) is 1.58. The van der Waals surface area contributed by atoms with Gasteiger partial charge >= 0.3 is 0 Å². The molecule has 0 aliphatic carbocycles. The minimum absolute atomic E-state index is 1.18. The Labute approximate surface area is 208 Å². The number of nitrogens with zero attached hydrogens (tertiary/aromatic N) is 2. The molecule has 0 fully saturated rings. The molecule has 1 aromatic heterocycles. The lowest BCUT2D eigenvalue weighted by Crippen LogP contribution is -2.37. The largest absolute Gasteiger partial charge is 0.256 e. The summed E-state index contributed by atoms with van der Waals surface area (Å²) in [5.41, 5.74) is 0. The summed E-state index contributed by atoms with van der Waals surface area (Å²) in [6, 6.07) is 0. The Bertz CT molecular complexity index is 519. The maximum absolute atomic E-state index is 2.57. The Morgan fingerprint density at radius 2 is 0.939 bits per heavy atom. The summed E-state index contributed by atoms with van der Waals surface area (Å²) in [5, 5.41) is 0. The fourth-order valence-corrected chi connectivity index (χ4v) is 5.15. The molecule has 0 saturated carbocycles. The normalized spacial score (nSPS) is 11.5. The van der Waals surface area contributed by atoms with Crippen LogP contribution in [0.4, 0.5) is 0 Å². The van der Waals surface area contributed by atoms with E-state index in [-0.39, 0.29) is 0 Å². The topological polar surface area (TPSA) is 8.81 Å². The fraction of sp³-hybridized carbons (Fsp3) is 0.903. The van der Waals surface area contributed by atoms with Gasteiger partial charge in [0.1, 0.15) is 12.4 Å². The van der Waals surface area contributed by atoms with Gasteiger partial charge in [0.15, 0.2) is 0 Å². The highest BCUT2D eigenvalue weighted by atomic mass is 15.1. The van der Waals surface area contributed by atoms with Gasteiger partial charge in [-0.3, -0.25) is 0 Å². The van der Waals surface area contributed by atoms with Crippen LogP contribution >= 0.6 is 0 Å². The van der Waals surface area contributed by atoms with Crippen LogP contribution in [0.25, 0.3) is 0 Å². The van der Waals surface area contributed by atoms with Crippen molar-refractivity contribution in [3.63, 3.8) is 0 Å². The molecule has 33 heavy (non-hydrogen) atoms. The van der Waals surface area contributed by atoms with Gasteiger partial charge in [-0.25, -0.2) is 9.13 Å². The highest BCUT2D eigenvalue weighted by Gasteiger charge is 2.15. The van der Waals surface area contributed by atoms with Crippen molar-refractivity contribution in [1.29, 1.82) is 0 Å². The van der Waals surface area contributed by atoms with Crippen LogP contribution in [0.1, 0.15) is 168 Å². The Morgan fingerprint density at radius 3 is 1.39 bits per heavy atom. The second kappa shape index (κ2) is 23.0. The van der Waals surface area contributed by atoms with Gasteiger partial charge in [-0.05, 0) is 25.7 Å². The zero-order valence-electron chi connectivity index (χ0n) is 23.2. The molecular formula is C31H61N2+. The van der Waals surface area contributed by atoms with Crippen molar-refractivity contribution in [2.75, 3.05) is 0 Å².